The number of halogens is 1. The summed E-state index contributed by atoms with van der Waals surface area (Å²) >= 11 is 3.58. The van der Waals surface area contributed by atoms with E-state index in [1.165, 1.54) is 16.6 Å². The smallest absolute Gasteiger partial charge is 0.251 e. The summed E-state index contributed by atoms with van der Waals surface area (Å²) in [5, 5.41) is 3.06. The van der Waals surface area contributed by atoms with Crippen LogP contribution in [-0.4, -0.2) is 22.0 Å². The molecule has 0 fully saturated rings. The highest BCUT2D eigenvalue weighted by atomic mass is 79.9. The maximum absolute atomic E-state index is 12.4. The second kappa shape index (κ2) is 10.8. The first-order chi connectivity index (χ1) is 16.0. The molecule has 5 heteroatoms. The number of amides is 1. The molecule has 0 bridgehead atoms. The van der Waals surface area contributed by atoms with Crippen molar-refractivity contribution >= 4 is 32.9 Å². The highest BCUT2D eigenvalue weighted by Gasteiger charge is 2.11. The number of imidazole rings is 1. The monoisotopic (exact) mass is 503 g/mol. The van der Waals surface area contributed by atoms with Gasteiger partial charge in [-0.25, -0.2) is 4.98 Å². The number of aryl methyl sites for hydroxylation is 3. The molecule has 1 heterocycles. The molecule has 3 aromatic carbocycles. The van der Waals surface area contributed by atoms with Crippen molar-refractivity contribution < 1.29 is 4.79 Å². The van der Waals surface area contributed by atoms with Gasteiger partial charge < -0.3 is 9.88 Å². The lowest BCUT2D eigenvalue weighted by Gasteiger charge is -2.11. The van der Waals surface area contributed by atoms with Crippen molar-refractivity contribution in [2.45, 2.75) is 46.1 Å². The van der Waals surface area contributed by atoms with Crippen molar-refractivity contribution in [3.63, 3.8) is 0 Å². The van der Waals surface area contributed by atoms with Gasteiger partial charge in [-0.05, 0) is 68.1 Å². The Morgan fingerprint density at radius 2 is 1.82 bits per heavy atom. The number of aromatic nitrogens is 2. The molecule has 1 N–H and O–H groups in total. The molecule has 0 aliphatic rings. The number of unbranched alkanes of at least 4 members (excludes halogenated alkanes) is 2. The maximum Gasteiger partial charge on any atom is 0.251 e. The molecule has 1 aromatic heterocycles. The van der Waals surface area contributed by atoms with Crippen LogP contribution in [0.2, 0.25) is 0 Å². The number of carbonyl (C=O) groups is 1. The van der Waals surface area contributed by atoms with Crippen molar-refractivity contribution in [3.05, 3.63) is 99.3 Å². The Kier molecular flexibility index (Phi) is 7.61. The van der Waals surface area contributed by atoms with Crippen LogP contribution in [0.25, 0.3) is 11.0 Å². The Bertz CT molecular complexity index is 1260. The summed E-state index contributed by atoms with van der Waals surface area (Å²) in [6.07, 6.45) is 3.98. The predicted molar refractivity (Wildman–Crippen MR) is 139 cm³/mol. The average molecular weight is 504 g/mol. The number of para-hydroxylation sites is 2. The molecule has 0 aliphatic carbocycles. The zero-order chi connectivity index (χ0) is 23.2. The van der Waals surface area contributed by atoms with E-state index in [0.29, 0.717) is 6.54 Å². The molecule has 0 atom stereocenters. The third kappa shape index (κ3) is 5.91. The van der Waals surface area contributed by atoms with Gasteiger partial charge in [0.2, 0.25) is 0 Å². The molecule has 170 valence electrons. The van der Waals surface area contributed by atoms with Gasteiger partial charge in [0.15, 0.2) is 0 Å². The van der Waals surface area contributed by atoms with E-state index in [1.54, 1.807) is 0 Å². The number of hydrogen-bond acceptors (Lipinski definition) is 2. The van der Waals surface area contributed by atoms with E-state index in [2.05, 4.69) is 74.3 Å². The van der Waals surface area contributed by atoms with E-state index in [1.807, 2.05) is 32.0 Å². The van der Waals surface area contributed by atoms with Gasteiger partial charge in [0.05, 0.1) is 11.0 Å². The lowest BCUT2D eigenvalue weighted by Crippen LogP contribution is -2.25. The van der Waals surface area contributed by atoms with Crippen LogP contribution in [0.4, 0.5) is 0 Å². The van der Waals surface area contributed by atoms with Gasteiger partial charge in [-0.15, -0.1) is 0 Å². The number of benzene rings is 3. The standard InChI is InChI=1S/C28H30BrN3O/c1-20-14-15-24(21(2)17-20)28(33)30-16-7-3-4-13-27-31-25-11-5-6-12-26(25)32(27)19-22-9-8-10-23(29)18-22/h5-6,8-12,14-15,17-18H,3-4,7,13,16,19H2,1-2H3,(H,30,33). The van der Waals surface area contributed by atoms with Crippen LogP contribution in [0.1, 0.15) is 52.1 Å². The van der Waals surface area contributed by atoms with Crippen LogP contribution in [0, 0.1) is 13.8 Å². The third-order valence-electron chi connectivity index (χ3n) is 5.95. The van der Waals surface area contributed by atoms with Gasteiger partial charge in [-0.3, -0.25) is 4.79 Å². The fourth-order valence-corrected chi connectivity index (χ4v) is 4.71. The molecular formula is C28H30BrN3O. The minimum Gasteiger partial charge on any atom is -0.352 e. The number of carbonyl (C=O) groups excluding carboxylic acids is 1. The van der Waals surface area contributed by atoms with Crippen LogP contribution >= 0.6 is 15.9 Å². The molecule has 0 saturated heterocycles. The van der Waals surface area contributed by atoms with Gasteiger partial charge >= 0.3 is 0 Å². The van der Waals surface area contributed by atoms with Crippen LogP contribution in [0.3, 0.4) is 0 Å². The summed E-state index contributed by atoms with van der Waals surface area (Å²) in [6, 6.07) is 22.7. The predicted octanol–water partition coefficient (Wildman–Crippen LogP) is 6.61. The summed E-state index contributed by atoms with van der Waals surface area (Å²) in [5.41, 5.74) is 6.44. The zero-order valence-electron chi connectivity index (χ0n) is 19.3. The van der Waals surface area contributed by atoms with Gasteiger partial charge in [-0.1, -0.05) is 64.3 Å². The van der Waals surface area contributed by atoms with E-state index in [-0.39, 0.29) is 5.91 Å². The van der Waals surface area contributed by atoms with Crippen molar-refractivity contribution in [2.24, 2.45) is 0 Å². The minimum atomic E-state index is 0.0170. The van der Waals surface area contributed by atoms with E-state index in [4.69, 9.17) is 4.98 Å². The summed E-state index contributed by atoms with van der Waals surface area (Å²) in [7, 11) is 0. The summed E-state index contributed by atoms with van der Waals surface area (Å²) in [6.45, 7) is 5.53. The third-order valence-corrected chi connectivity index (χ3v) is 6.45. The molecule has 0 radical (unpaired) electrons. The first kappa shape index (κ1) is 23.2. The summed E-state index contributed by atoms with van der Waals surface area (Å²) < 4.78 is 3.42. The van der Waals surface area contributed by atoms with Crippen molar-refractivity contribution in [1.29, 1.82) is 0 Å². The first-order valence-corrected chi connectivity index (χ1v) is 12.3. The number of nitrogens with one attached hydrogen (secondary N) is 1. The molecule has 4 aromatic rings. The zero-order valence-corrected chi connectivity index (χ0v) is 20.9. The largest absolute Gasteiger partial charge is 0.352 e. The fourth-order valence-electron chi connectivity index (χ4n) is 4.26. The molecule has 33 heavy (non-hydrogen) atoms. The number of nitrogens with zero attached hydrogens (tertiary/aromatic N) is 2. The summed E-state index contributed by atoms with van der Waals surface area (Å²) in [5.74, 6) is 1.14. The van der Waals surface area contributed by atoms with Crippen molar-refractivity contribution in [1.82, 2.24) is 14.9 Å². The van der Waals surface area contributed by atoms with Crippen LogP contribution in [0.5, 0.6) is 0 Å². The van der Waals surface area contributed by atoms with Crippen LogP contribution in [-0.2, 0) is 13.0 Å². The van der Waals surface area contributed by atoms with E-state index >= 15 is 0 Å². The fraction of sp³-hybridized carbons (Fsp3) is 0.286. The first-order valence-electron chi connectivity index (χ1n) is 11.6. The van der Waals surface area contributed by atoms with Gasteiger partial charge in [0.25, 0.3) is 5.91 Å². The quantitative estimate of drug-likeness (QED) is 0.261. The maximum atomic E-state index is 12.4. The lowest BCUT2D eigenvalue weighted by atomic mass is 10.1. The number of hydrogen-bond donors (Lipinski definition) is 1. The Morgan fingerprint density at radius 1 is 0.970 bits per heavy atom. The highest BCUT2D eigenvalue weighted by Crippen LogP contribution is 2.21. The molecule has 0 saturated carbocycles. The number of fused-ring (bicyclic) bond motifs is 1. The van der Waals surface area contributed by atoms with E-state index in [9.17, 15) is 4.79 Å². The van der Waals surface area contributed by atoms with Crippen LogP contribution < -0.4 is 5.32 Å². The molecule has 0 spiro atoms. The molecule has 4 rings (SSSR count). The topological polar surface area (TPSA) is 46.9 Å². The molecule has 0 aliphatic heterocycles. The average Bonchev–Trinajstić information content (AvgIpc) is 3.13. The second-order valence-corrected chi connectivity index (χ2v) is 9.53. The van der Waals surface area contributed by atoms with Gasteiger partial charge in [0.1, 0.15) is 5.82 Å². The van der Waals surface area contributed by atoms with Crippen LogP contribution in [0.15, 0.2) is 71.2 Å². The second-order valence-electron chi connectivity index (χ2n) is 8.62. The Balaban J connectivity index is 1.32. The molecule has 4 nitrogen and oxygen atoms in total. The van der Waals surface area contributed by atoms with Gasteiger partial charge in [-0.2, -0.15) is 0 Å². The number of rotatable bonds is 9. The van der Waals surface area contributed by atoms with Crippen molar-refractivity contribution in [3.8, 4) is 0 Å². The molecule has 0 unspecified atom stereocenters. The Morgan fingerprint density at radius 3 is 2.64 bits per heavy atom. The Labute approximate surface area is 204 Å². The minimum absolute atomic E-state index is 0.0170. The highest BCUT2D eigenvalue weighted by molar-refractivity contribution is 9.10. The molecule has 1 amide bonds. The molecular weight excluding hydrogens is 474 g/mol. The Hall–Kier alpha value is -2.92. The lowest BCUT2D eigenvalue weighted by molar-refractivity contribution is 0.0952. The normalized spacial score (nSPS) is 11.1. The van der Waals surface area contributed by atoms with Gasteiger partial charge in [0, 0.05) is 29.5 Å². The van der Waals surface area contributed by atoms with Crippen molar-refractivity contribution in [2.75, 3.05) is 6.54 Å². The summed E-state index contributed by atoms with van der Waals surface area (Å²) in [4.78, 5) is 17.4. The van der Waals surface area contributed by atoms with E-state index < -0.39 is 0 Å². The van der Waals surface area contributed by atoms with E-state index in [0.717, 1.165) is 59.2 Å². The SMILES string of the molecule is Cc1ccc(C(=O)NCCCCCc2nc3ccccc3n2Cc2cccc(Br)c2)c(C)c1.